The predicted molar refractivity (Wildman–Crippen MR) is 84.8 cm³/mol. The Bertz CT molecular complexity index is 650. The Morgan fingerprint density at radius 3 is 2.43 bits per heavy atom. The lowest BCUT2D eigenvalue weighted by molar-refractivity contribution is 0.233. The third-order valence-corrected chi connectivity index (χ3v) is 4.33. The molecule has 5 nitrogen and oxygen atoms in total. The summed E-state index contributed by atoms with van der Waals surface area (Å²) in [6, 6.07) is 1.73. The van der Waals surface area contributed by atoms with Crippen molar-refractivity contribution in [2.24, 2.45) is 0 Å². The molecular formula is C15H22F2N2O3S. The molecule has 0 radical (unpaired) electrons. The highest BCUT2D eigenvalue weighted by atomic mass is 32.2. The summed E-state index contributed by atoms with van der Waals surface area (Å²) in [6.45, 7) is 3.45. The SMILES string of the molecule is CC[C@@H](NC(=O)N[C@H](C)CCS(C)(=O)=O)c1ccc(F)cc1F. The minimum atomic E-state index is -3.09. The van der Waals surface area contributed by atoms with Gasteiger partial charge in [0.05, 0.1) is 11.8 Å². The summed E-state index contributed by atoms with van der Waals surface area (Å²) in [7, 11) is -3.09. The van der Waals surface area contributed by atoms with Gasteiger partial charge < -0.3 is 10.6 Å². The number of hydrogen-bond acceptors (Lipinski definition) is 3. The van der Waals surface area contributed by atoms with E-state index in [-0.39, 0.29) is 23.8 Å². The lowest BCUT2D eigenvalue weighted by atomic mass is 10.0. The molecule has 2 N–H and O–H groups in total. The van der Waals surface area contributed by atoms with Crippen molar-refractivity contribution >= 4 is 15.9 Å². The van der Waals surface area contributed by atoms with Gasteiger partial charge in [-0.1, -0.05) is 13.0 Å². The molecule has 0 aromatic heterocycles. The quantitative estimate of drug-likeness (QED) is 0.795. The normalized spacial score (nSPS) is 14.1. The van der Waals surface area contributed by atoms with Crippen LogP contribution in [0.2, 0.25) is 0 Å². The third-order valence-electron chi connectivity index (χ3n) is 3.35. The van der Waals surface area contributed by atoms with Crippen LogP contribution < -0.4 is 10.6 Å². The van der Waals surface area contributed by atoms with Crippen LogP contribution in [0.5, 0.6) is 0 Å². The van der Waals surface area contributed by atoms with Crippen LogP contribution in [0.3, 0.4) is 0 Å². The molecule has 130 valence electrons. The highest BCUT2D eigenvalue weighted by molar-refractivity contribution is 7.90. The molecule has 0 heterocycles. The Morgan fingerprint density at radius 2 is 1.91 bits per heavy atom. The van der Waals surface area contributed by atoms with Crippen molar-refractivity contribution in [2.45, 2.75) is 38.8 Å². The van der Waals surface area contributed by atoms with Crippen molar-refractivity contribution in [3.63, 3.8) is 0 Å². The summed E-state index contributed by atoms with van der Waals surface area (Å²) < 4.78 is 48.9. The van der Waals surface area contributed by atoms with Crippen LogP contribution in [-0.4, -0.2) is 32.5 Å². The molecule has 1 aromatic rings. The van der Waals surface area contributed by atoms with Crippen LogP contribution in [0.4, 0.5) is 13.6 Å². The molecular weight excluding hydrogens is 326 g/mol. The van der Waals surface area contributed by atoms with E-state index in [9.17, 15) is 22.0 Å². The zero-order chi connectivity index (χ0) is 17.6. The molecule has 0 saturated carbocycles. The van der Waals surface area contributed by atoms with Gasteiger partial charge in [-0.2, -0.15) is 0 Å². The average Bonchev–Trinajstić information content (AvgIpc) is 2.42. The summed E-state index contributed by atoms with van der Waals surface area (Å²) in [4.78, 5) is 11.9. The van der Waals surface area contributed by atoms with Crippen molar-refractivity contribution in [3.05, 3.63) is 35.4 Å². The second kappa shape index (κ2) is 8.24. The fourth-order valence-corrected chi connectivity index (χ4v) is 2.85. The van der Waals surface area contributed by atoms with Gasteiger partial charge in [-0.15, -0.1) is 0 Å². The van der Waals surface area contributed by atoms with Gasteiger partial charge >= 0.3 is 6.03 Å². The van der Waals surface area contributed by atoms with E-state index in [2.05, 4.69) is 10.6 Å². The van der Waals surface area contributed by atoms with E-state index >= 15 is 0 Å². The summed E-state index contributed by atoms with van der Waals surface area (Å²) >= 11 is 0. The first-order valence-electron chi connectivity index (χ1n) is 7.32. The minimum absolute atomic E-state index is 0.0295. The van der Waals surface area contributed by atoms with E-state index in [0.29, 0.717) is 6.42 Å². The average molecular weight is 348 g/mol. The molecule has 0 unspecified atom stereocenters. The van der Waals surface area contributed by atoms with Gasteiger partial charge in [0.2, 0.25) is 0 Å². The van der Waals surface area contributed by atoms with Crippen molar-refractivity contribution in [2.75, 3.05) is 12.0 Å². The van der Waals surface area contributed by atoms with Crippen molar-refractivity contribution in [1.29, 1.82) is 0 Å². The number of carbonyl (C=O) groups is 1. The van der Waals surface area contributed by atoms with Crippen LogP contribution in [0.15, 0.2) is 18.2 Å². The van der Waals surface area contributed by atoms with Crippen LogP contribution in [0.1, 0.15) is 38.3 Å². The fourth-order valence-electron chi connectivity index (χ4n) is 2.07. The Labute approximate surface area is 135 Å². The van der Waals surface area contributed by atoms with Crippen LogP contribution in [0, 0.1) is 11.6 Å². The topological polar surface area (TPSA) is 75.3 Å². The molecule has 23 heavy (non-hydrogen) atoms. The number of benzene rings is 1. The van der Waals surface area contributed by atoms with E-state index in [1.165, 1.54) is 6.07 Å². The van der Waals surface area contributed by atoms with Gasteiger partial charge in [0.1, 0.15) is 21.5 Å². The molecule has 2 atom stereocenters. The maximum atomic E-state index is 13.8. The zero-order valence-corrected chi connectivity index (χ0v) is 14.2. The molecule has 1 rings (SSSR count). The maximum Gasteiger partial charge on any atom is 0.315 e. The van der Waals surface area contributed by atoms with E-state index in [1.54, 1.807) is 13.8 Å². The number of nitrogens with one attached hydrogen (secondary N) is 2. The van der Waals surface area contributed by atoms with Crippen molar-refractivity contribution < 1.29 is 22.0 Å². The zero-order valence-electron chi connectivity index (χ0n) is 13.4. The van der Waals surface area contributed by atoms with Gasteiger partial charge in [-0.25, -0.2) is 22.0 Å². The lowest BCUT2D eigenvalue weighted by Gasteiger charge is -2.20. The molecule has 0 aliphatic rings. The number of rotatable bonds is 7. The molecule has 2 amide bonds. The molecule has 8 heteroatoms. The number of hydrogen-bond donors (Lipinski definition) is 2. The predicted octanol–water partition coefficient (Wildman–Crippen LogP) is 2.54. The van der Waals surface area contributed by atoms with Gasteiger partial charge in [-0.3, -0.25) is 0 Å². The Hall–Kier alpha value is -1.70. The monoisotopic (exact) mass is 348 g/mol. The highest BCUT2D eigenvalue weighted by Gasteiger charge is 2.18. The molecule has 0 aliphatic carbocycles. The summed E-state index contributed by atoms with van der Waals surface area (Å²) in [5.74, 6) is -1.43. The van der Waals surface area contributed by atoms with E-state index in [1.807, 2.05) is 0 Å². The molecule has 1 aromatic carbocycles. The number of sulfone groups is 1. The van der Waals surface area contributed by atoms with Crippen LogP contribution >= 0.6 is 0 Å². The van der Waals surface area contributed by atoms with E-state index < -0.39 is 33.5 Å². The first-order chi connectivity index (χ1) is 10.6. The smallest absolute Gasteiger partial charge is 0.315 e. The van der Waals surface area contributed by atoms with E-state index in [0.717, 1.165) is 18.4 Å². The van der Waals surface area contributed by atoms with Gasteiger partial charge in [-0.05, 0) is 25.8 Å². The second-order valence-corrected chi connectivity index (χ2v) is 7.82. The molecule has 0 saturated heterocycles. The first kappa shape index (κ1) is 19.3. The number of carbonyl (C=O) groups excluding carboxylic acids is 1. The lowest BCUT2D eigenvalue weighted by Crippen LogP contribution is -2.43. The third kappa shape index (κ3) is 6.94. The Morgan fingerprint density at radius 1 is 1.26 bits per heavy atom. The molecule has 0 spiro atoms. The number of halogens is 2. The van der Waals surface area contributed by atoms with Crippen molar-refractivity contribution in [3.8, 4) is 0 Å². The fraction of sp³-hybridized carbons (Fsp3) is 0.533. The standard InChI is InChI=1S/C15H22F2N2O3S/c1-4-14(12-6-5-11(16)9-13(12)17)19-15(20)18-10(2)7-8-23(3,21)22/h5-6,9-10,14H,4,7-8H2,1-3H3,(H2,18,19,20)/t10-,14-/m1/s1. The number of urea groups is 1. The second-order valence-electron chi connectivity index (χ2n) is 5.56. The molecule has 0 aliphatic heterocycles. The van der Waals surface area contributed by atoms with Crippen LogP contribution in [-0.2, 0) is 9.84 Å². The number of amides is 2. The van der Waals surface area contributed by atoms with Gasteiger partial charge in [0.15, 0.2) is 0 Å². The first-order valence-corrected chi connectivity index (χ1v) is 9.38. The van der Waals surface area contributed by atoms with Crippen LogP contribution in [0.25, 0.3) is 0 Å². The minimum Gasteiger partial charge on any atom is -0.336 e. The van der Waals surface area contributed by atoms with Gasteiger partial charge in [0.25, 0.3) is 0 Å². The highest BCUT2D eigenvalue weighted by Crippen LogP contribution is 2.20. The molecule has 0 fully saturated rings. The maximum absolute atomic E-state index is 13.8. The van der Waals surface area contributed by atoms with Crippen molar-refractivity contribution in [1.82, 2.24) is 10.6 Å². The summed E-state index contributed by atoms with van der Waals surface area (Å²) in [5, 5.41) is 5.22. The summed E-state index contributed by atoms with van der Waals surface area (Å²) in [6.07, 6.45) is 1.84. The largest absolute Gasteiger partial charge is 0.336 e. The molecule has 0 bridgehead atoms. The Balaban J connectivity index is 2.63. The van der Waals surface area contributed by atoms with Gasteiger partial charge in [0, 0.05) is 23.9 Å². The van der Waals surface area contributed by atoms with E-state index in [4.69, 9.17) is 0 Å². The Kier molecular flexibility index (Phi) is 6.93. The summed E-state index contributed by atoms with van der Waals surface area (Å²) in [5.41, 5.74) is 0.202.